The highest BCUT2D eigenvalue weighted by Gasteiger charge is 2.45. The van der Waals surface area contributed by atoms with Crippen molar-refractivity contribution in [3.05, 3.63) is 112 Å². The van der Waals surface area contributed by atoms with Crippen molar-refractivity contribution in [2.45, 2.75) is 13.0 Å². The number of nitrogens with zero attached hydrogens (tertiary/aromatic N) is 2. The van der Waals surface area contributed by atoms with Crippen LogP contribution >= 0.6 is 11.3 Å². The smallest absolute Gasteiger partial charge is 0.337 e. The molecule has 9 heteroatoms. The van der Waals surface area contributed by atoms with Crippen LogP contribution in [0.1, 0.15) is 37.3 Å². The average molecular weight is 541 g/mol. The molecule has 1 atom stereocenters. The molecule has 0 spiro atoms. The van der Waals surface area contributed by atoms with Crippen molar-refractivity contribution in [3.8, 4) is 16.3 Å². The fourth-order valence-electron chi connectivity index (χ4n) is 4.54. The first kappa shape index (κ1) is 25.9. The van der Waals surface area contributed by atoms with E-state index in [0.29, 0.717) is 38.1 Å². The highest BCUT2D eigenvalue weighted by atomic mass is 32.1. The number of aliphatic hydroxyl groups is 1. The van der Waals surface area contributed by atoms with Crippen LogP contribution in [0.4, 0.5) is 5.69 Å². The van der Waals surface area contributed by atoms with E-state index in [1.165, 1.54) is 42.6 Å². The maximum absolute atomic E-state index is 14.0. The fraction of sp³-hybridized carbons (Fsp3) is 0.133. The summed E-state index contributed by atoms with van der Waals surface area (Å²) in [5.74, 6) is -1.86. The van der Waals surface area contributed by atoms with Gasteiger partial charge in [0.2, 0.25) is 5.78 Å². The highest BCUT2D eigenvalue weighted by molar-refractivity contribution is 7.17. The predicted molar refractivity (Wildman–Crippen MR) is 147 cm³/mol. The third-order valence-corrected chi connectivity index (χ3v) is 7.66. The maximum Gasteiger partial charge on any atom is 0.337 e. The lowest BCUT2D eigenvalue weighted by Gasteiger charge is -2.27. The lowest BCUT2D eigenvalue weighted by Crippen LogP contribution is -2.31. The van der Waals surface area contributed by atoms with Crippen molar-refractivity contribution in [1.82, 2.24) is 4.98 Å². The molecule has 1 unspecified atom stereocenters. The third-order valence-electron chi connectivity index (χ3n) is 6.45. The summed E-state index contributed by atoms with van der Waals surface area (Å²) in [6.45, 7) is 1.73. The Balaban J connectivity index is 1.62. The Hall–Kier alpha value is -4.76. The van der Waals surface area contributed by atoms with Crippen LogP contribution in [0.25, 0.3) is 10.6 Å². The van der Waals surface area contributed by atoms with Crippen molar-refractivity contribution in [3.63, 3.8) is 0 Å². The summed E-state index contributed by atoms with van der Waals surface area (Å²) >= 11 is 1.21. The topological polar surface area (TPSA) is 106 Å². The standard InChI is InChI=1S/C30H24N2O6S/c1-17-27(39-28(31-17)18-8-5-4-6-9-18)25(33)23-24(20-10-7-11-22(16-20)37-2)32(29(35)26(23)34)21-14-12-19(13-15-21)30(36)38-3/h4-16,24,34H,1-3H3. The molecule has 0 radical (unpaired) electrons. The van der Waals surface area contributed by atoms with Gasteiger partial charge in [-0.05, 0) is 48.9 Å². The average Bonchev–Trinajstić information content (AvgIpc) is 3.49. The van der Waals surface area contributed by atoms with Crippen molar-refractivity contribution >= 4 is 34.7 Å². The zero-order valence-electron chi connectivity index (χ0n) is 21.4. The van der Waals surface area contributed by atoms with Gasteiger partial charge in [0, 0.05) is 11.3 Å². The molecule has 5 rings (SSSR count). The SMILES string of the molecule is COC(=O)c1ccc(N2C(=O)C(O)=C(C(=O)c3sc(-c4ccccc4)nc3C)C2c2cccc(OC)c2)cc1. The Labute approximate surface area is 228 Å². The molecule has 3 aromatic carbocycles. The van der Waals surface area contributed by atoms with E-state index in [0.717, 1.165) is 5.56 Å². The van der Waals surface area contributed by atoms with Gasteiger partial charge < -0.3 is 14.6 Å². The number of anilines is 1. The molecule has 4 aromatic rings. The van der Waals surface area contributed by atoms with Crippen molar-refractivity contribution in [1.29, 1.82) is 0 Å². The molecule has 1 aromatic heterocycles. The van der Waals surface area contributed by atoms with Gasteiger partial charge in [0.05, 0.1) is 42.0 Å². The zero-order valence-corrected chi connectivity index (χ0v) is 22.2. The minimum atomic E-state index is -0.953. The molecular formula is C30H24N2O6S. The first-order valence-electron chi connectivity index (χ1n) is 12.0. The Morgan fingerprint density at radius 2 is 1.69 bits per heavy atom. The number of Topliss-reactive ketones (excluding diaryl/α,β-unsaturated/α-hetero) is 1. The summed E-state index contributed by atoms with van der Waals surface area (Å²) in [7, 11) is 2.80. The minimum Gasteiger partial charge on any atom is -0.503 e. The van der Waals surface area contributed by atoms with Gasteiger partial charge in [-0.25, -0.2) is 9.78 Å². The lowest BCUT2D eigenvalue weighted by atomic mass is 9.94. The van der Waals surface area contributed by atoms with E-state index >= 15 is 0 Å². The Bertz CT molecular complexity index is 1610. The number of benzene rings is 3. The molecule has 0 saturated carbocycles. The Morgan fingerprint density at radius 3 is 2.36 bits per heavy atom. The monoisotopic (exact) mass is 540 g/mol. The number of carbonyl (C=O) groups excluding carboxylic acids is 3. The number of ether oxygens (including phenoxy) is 2. The molecule has 0 aliphatic carbocycles. The first-order valence-corrected chi connectivity index (χ1v) is 12.8. The van der Waals surface area contributed by atoms with Gasteiger partial charge in [-0.2, -0.15) is 0 Å². The molecule has 1 aliphatic rings. The predicted octanol–water partition coefficient (Wildman–Crippen LogP) is 5.70. The van der Waals surface area contributed by atoms with Gasteiger partial charge in [-0.1, -0.05) is 42.5 Å². The number of carbonyl (C=O) groups is 3. The quantitative estimate of drug-likeness (QED) is 0.237. The van der Waals surface area contributed by atoms with Crippen LogP contribution in [0.3, 0.4) is 0 Å². The number of ketones is 1. The largest absolute Gasteiger partial charge is 0.503 e. The van der Waals surface area contributed by atoms with E-state index in [1.807, 2.05) is 30.3 Å². The Morgan fingerprint density at radius 1 is 0.974 bits per heavy atom. The van der Waals surface area contributed by atoms with Crippen LogP contribution in [0, 0.1) is 6.92 Å². The van der Waals surface area contributed by atoms with Crippen LogP contribution in [-0.4, -0.2) is 42.0 Å². The van der Waals surface area contributed by atoms with E-state index in [1.54, 1.807) is 43.3 Å². The van der Waals surface area contributed by atoms with E-state index in [4.69, 9.17) is 9.47 Å². The number of aryl methyl sites for hydroxylation is 1. The number of rotatable bonds is 7. The summed E-state index contributed by atoms with van der Waals surface area (Å²) < 4.78 is 10.2. The molecule has 2 heterocycles. The van der Waals surface area contributed by atoms with Crippen LogP contribution in [0.15, 0.2) is 90.2 Å². The van der Waals surface area contributed by atoms with Gasteiger partial charge in [-0.15, -0.1) is 11.3 Å². The number of aliphatic hydroxyl groups excluding tert-OH is 1. The molecule has 1 N–H and O–H groups in total. The maximum atomic E-state index is 14.0. The summed E-state index contributed by atoms with van der Waals surface area (Å²) in [4.78, 5) is 45.8. The third kappa shape index (κ3) is 4.68. The second-order valence-electron chi connectivity index (χ2n) is 8.78. The molecule has 39 heavy (non-hydrogen) atoms. The first-order chi connectivity index (χ1) is 18.8. The van der Waals surface area contributed by atoms with Crippen molar-refractivity contribution in [2.24, 2.45) is 0 Å². The van der Waals surface area contributed by atoms with E-state index in [9.17, 15) is 19.5 Å². The van der Waals surface area contributed by atoms with Crippen LogP contribution in [0.5, 0.6) is 5.75 Å². The summed E-state index contributed by atoms with van der Waals surface area (Å²) in [6, 6.07) is 21.7. The molecular weight excluding hydrogens is 516 g/mol. The van der Waals surface area contributed by atoms with Gasteiger partial charge in [0.15, 0.2) is 5.76 Å². The van der Waals surface area contributed by atoms with E-state index in [2.05, 4.69) is 4.98 Å². The zero-order chi connectivity index (χ0) is 27.7. The van der Waals surface area contributed by atoms with Gasteiger partial charge >= 0.3 is 5.97 Å². The normalized spacial score (nSPS) is 15.0. The second-order valence-corrected chi connectivity index (χ2v) is 9.78. The van der Waals surface area contributed by atoms with Crippen molar-refractivity contribution in [2.75, 3.05) is 19.1 Å². The lowest BCUT2D eigenvalue weighted by molar-refractivity contribution is -0.117. The molecule has 0 fully saturated rings. The molecule has 8 nitrogen and oxygen atoms in total. The van der Waals surface area contributed by atoms with Crippen molar-refractivity contribution < 1.29 is 29.0 Å². The summed E-state index contributed by atoms with van der Waals surface area (Å²) in [5, 5.41) is 11.8. The highest BCUT2D eigenvalue weighted by Crippen LogP contribution is 2.44. The van der Waals surface area contributed by atoms with Crippen LogP contribution < -0.4 is 9.64 Å². The van der Waals surface area contributed by atoms with Crippen LogP contribution in [-0.2, 0) is 9.53 Å². The number of hydrogen-bond donors (Lipinski definition) is 1. The molecule has 0 bridgehead atoms. The molecule has 1 aliphatic heterocycles. The summed E-state index contributed by atoms with van der Waals surface area (Å²) in [6.07, 6.45) is 0. The van der Waals surface area contributed by atoms with Gasteiger partial charge in [-0.3, -0.25) is 14.5 Å². The number of hydrogen-bond acceptors (Lipinski definition) is 8. The fourth-order valence-corrected chi connectivity index (χ4v) is 5.57. The van der Waals surface area contributed by atoms with E-state index < -0.39 is 29.5 Å². The number of methoxy groups -OCH3 is 2. The molecule has 1 amide bonds. The number of thiazole rings is 1. The molecule has 0 saturated heterocycles. The Kier molecular flexibility index (Phi) is 7.00. The number of esters is 1. The van der Waals surface area contributed by atoms with Gasteiger partial charge in [0.1, 0.15) is 10.8 Å². The number of aromatic nitrogens is 1. The second kappa shape index (κ2) is 10.5. The minimum absolute atomic E-state index is 0.0586. The number of amides is 1. The molecule has 196 valence electrons. The van der Waals surface area contributed by atoms with Gasteiger partial charge in [0.25, 0.3) is 5.91 Å². The van der Waals surface area contributed by atoms with Crippen LogP contribution in [0.2, 0.25) is 0 Å². The van der Waals surface area contributed by atoms with E-state index in [-0.39, 0.29) is 5.57 Å². The summed E-state index contributed by atoms with van der Waals surface area (Å²) in [5.41, 5.74) is 2.56.